The Morgan fingerprint density at radius 3 is 2.45 bits per heavy atom. The molecule has 1 fully saturated rings. The fraction of sp³-hybridized carbons (Fsp3) is 0.190. The lowest BCUT2D eigenvalue weighted by Crippen LogP contribution is -2.47. The highest BCUT2D eigenvalue weighted by Crippen LogP contribution is 2.24. The molecule has 0 bridgehead atoms. The number of nitrogens with zero attached hydrogens (tertiary/aromatic N) is 3. The molecule has 1 aromatic heterocycles. The van der Waals surface area contributed by atoms with Crippen LogP contribution < -0.4 is 5.32 Å². The summed E-state index contributed by atoms with van der Waals surface area (Å²) >= 11 is 5.39. The summed E-state index contributed by atoms with van der Waals surface area (Å²) in [6.07, 6.45) is 1.66. The minimum absolute atomic E-state index is 0.351. The van der Waals surface area contributed by atoms with E-state index in [9.17, 15) is 9.18 Å². The minimum Gasteiger partial charge on any atom is -0.378 e. The summed E-state index contributed by atoms with van der Waals surface area (Å²) in [4.78, 5) is 14.9. The van der Waals surface area contributed by atoms with Gasteiger partial charge in [-0.05, 0) is 48.6 Å². The van der Waals surface area contributed by atoms with Crippen molar-refractivity contribution in [1.82, 2.24) is 20.0 Å². The first kappa shape index (κ1) is 19.2. The van der Waals surface area contributed by atoms with Gasteiger partial charge in [0.25, 0.3) is 5.91 Å². The topological polar surface area (TPSA) is 59.4 Å². The molecule has 3 aromatic rings. The number of benzene rings is 2. The molecule has 8 heteroatoms. The summed E-state index contributed by atoms with van der Waals surface area (Å²) in [6, 6.07) is 15.4. The van der Waals surface area contributed by atoms with E-state index in [1.165, 1.54) is 12.1 Å². The maximum atomic E-state index is 13.4. The van der Waals surface area contributed by atoms with Crippen molar-refractivity contribution in [3.05, 3.63) is 72.2 Å². The van der Waals surface area contributed by atoms with Gasteiger partial charge in [0.05, 0.1) is 24.5 Å². The first-order valence-corrected chi connectivity index (χ1v) is 9.62. The van der Waals surface area contributed by atoms with Crippen LogP contribution in [0.5, 0.6) is 0 Å². The zero-order valence-corrected chi connectivity index (χ0v) is 16.4. The van der Waals surface area contributed by atoms with Gasteiger partial charge >= 0.3 is 0 Å². The Bertz CT molecular complexity index is 1010. The number of aromatic nitrogens is 2. The molecule has 0 atom stereocenters. The van der Waals surface area contributed by atoms with Crippen molar-refractivity contribution in [3.63, 3.8) is 0 Å². The van der Waals surface area contributed by atoms with Gasteiger partial charge in [-0.3, -0.25) is 10.1 Å². The molecule has 1 aliphatic heterocycles. The van der Waals surface area contributed by atoms with E-state index in [0.717, 1.165) is 5.69 Å². The SMILES string of the molecule is O=C(NC(=S)N1CCOCC1)c1cn(-c2ccccc2)nc1-c1ccc(F)cc1. The van der Waals surface area contributed by atoms with Crippen LogP contribution in [0.4, 0.5) is 4.39 Å². The number of carbonyl (C=O) groups excluding carboxylic acids is 1. The van der Waals surface area contributed by atoms with Gasteiger partial charge in [0, 0.05) is 24.8 Å². The van der Waals surface area contributed by atoms with Crippen LogP contribution in [-0.4, -0.2) is 52.0 Å². The number of nitrogens with one attached hydrogen (secondary N) is 1. The van der Waals surface area contributed by atoms with Gasteiger partial charge in [0.2, 0.25) is 0 Å². The lowest BCUT2D eigenvalue weighted by molar-refractivity contribution is 0.0669. The van der Waals surface area contributed by atoms with Crippen LogP contribution in [0.1, 0.15) is 10.4 Å². The van der Waals surface area contributed by atoms with E-state index < -0.39 is 0 Å². The van der Waals surface area contributed by atoms with Crippen molar-refractivity contribution >= 4 is 23.2 Å². The summed E-state index contributed by atoms with van der Waals surface area (Å²) in [5.74, 6) is -0.710. The largest absolute Gasteiger partial charge is 0.378 e. The number of thiocarbonyl (C=S) groups is 1. The van der Waals surface area contributed by atoms with E-state index in [2.05, 4.69) is 10.4 Å². The molecule has 0 radical (unpaired) electrons. The van der Waals surface area contributed by atoms with E-state index in [0.29, 0.717) is 48.2 Å². The van der Waals surface area contributed by atoms with Crippen LogP contribution in [0.25, 0.3) is 16.9 Å². The van der Waals surface area contributed by atoms with Gasteiger partial charge in [-0.2, -0.15) is 5.10 Å². The highest BCUT2D eigenvalue weighted by Gasteiger charge is 2.22. The predicted molar refractivity (Wildman–Crippen MR) is 111 cm³/mol. The maximum absolute atomic E-state index is 13.4. The number of hydrogen-bond acceptors (Lipinski definition) is 4. The second-order valence-corrected chi connectivity index (χ2v) is 6.92. The van der Waals surface area contributed by atoms with Gasteiger partial charge in [0.1, 0.15) is 11.5 Å². The molecule has 4 rings (SSSR count). The molecule has 148 valence electrons. The van der Waals surface area contributed by atoms with Crippen LogP contribution >= 0.6 is 12.2 Å². The Labute approximate surface area is 172 Å². The summed E-state index contributed by atoms with van der Waals surface area (Å²) < 4.78 is 20.3. The van der Waals surface area contributed by atoms with Crippen LogP contribution in [-0.2, 0) is 4.74 Å². The highest BCUT2D eigenvalue weighted by molar-refractivity contribution is 7.80. The quantitative estimate of drug-likeness (QED) is 0.673. The summed E-state index contributed by atoms with van der Waals surface area (Å²) in [6.45, 7) is 2.41. The number of ether oxygens (including phenoxy) is 1. The Morgan fingerprint density at radius 2 is 1.76 bits per heavy atom. The zero-order valence-electron chi connectivity index (χ0n) is 15.5. The molecule has 0 saturated carbocycles. The average Bonchev–Trinajstić information content (AvgIpc) is 3.21. The van der Waals surface area contributed by atoms with Gasteiger partial charge in [-0.15, -0.1) is 0 Å². The molecular weight excluding hydrogens is 391 g/mol. The fourth-order valence-corrected chi connectivity index (χ4v) is 3.36. The monoisotopic (exact) mass is 410 g/mol. The molecule has 2 aromatic carbocycles. The molecule has 6 nitrogen and oxygen atoms in total. The smallest absolute Gasteiger partial charge is 0.261 e. The Morgan fingerprint density at radius 1 is 1.07 bits per heavy atom. The Kier molecular flexibility index (Phi) is 5.64. The van der Waals surface area contributed by atoms with Gasteiger partial charge in [-0.25, -0.2) is 9.07 Å². The minimum atomic E-state index is -0.358. The first-order chi connectivity index (χ1) is 14.1. The third-order valence-electron chi connectivity index (χ3n) is 4.62. The summed E-state index contributed by atoms with van der Waals surface area (Å²) in [7, 11) is 0. The normalized spacial score (nSPS) is 13.9. The van der Waals surface area contributed by atoms with E-state index in [-0.39, 0.29) is 11.7 Å². The zero-order chi connectivity index (χ0) is 20.2. The summed E-state index contributed by atoms with van der Waals surface area (Å²) in [5, 5.41) is 7.72. The van der Waals surface area contributed by atoms with Crippen LogP contribution in [0.3, 0.4) is 0 Å². The second kappa shape index (κ2) is 8.50. The Hall–Kier alpha value is -3.10. The number of rotatable bonds is 3. The van der Waals surface area contributed by atoms with Crippen molar-refractivity contribution in [2.75, 3.05) is 26.3 Å². The van der Waals surface area contributed by atoms with E-state index >= 15 is 0 Å². The van der Waals surface area contributed by atoms with Crippen LogP contribution in [0.2, 0.25) is 0 Å². The molecule has 1 N–H and O–H groups in total. The average molecular weight is 410 g/mol. The highest BCUT2D eigenvalue weighted by atomic mass is 32.1. The third kappa shape index (κ3) is 4.33. The van der Waals surface area contributed by atoms with Crippen LogP contribution in [0, 0.1) is 5.82 Å². The van der Waals surface area contributed by atoms with Crippen molar-refractivity contribution in [2.45, 2.75) is 0 Å². The molecular formula is C21H19FN4O2S. The lowest BCUT2D eigenvalue weighted by Gasteiger charge is -2.28. The predicted octanol–water partition coefficient (Wildman–Crippen LogP) is 3.03. The number of halogens is 1. The molecule has 0 aliphatic carbocycles. The number of carbonyl (C=O) groups is 1. The maximum Gasteiger partial charge on any atom is 0.261 e. The van der Waals surface area contributed by atoms with Crippen LogP contribution in [0.15, 0.2) is 60.8 Å². The second-order valence-electron chi connectivity index (χ2n) is 6.54. The lowest BCUT2D eigenvalue weighted by atomic mass is 10.1. The van der Waals surface area contributed by atoms with E-state index in [1.54, 1.807) is 23.0 Å². The Balaban J connectivity index is 1.66. The van der Waals surface area contributed by atoms with E-state index in [1.807, 2.05) is 35.2 Å². The molecule has 0 unspecified atom stereocenters. The first-order valence-electron chi connectivity index (χ1n) is 9.21. The van der Waals surface area contributed by atoms with E-state index in [4.69, 9.17) is 17.0 Å². The van der Waals surface area contributed by atoms with Gasteiger partial charge < -0.3 is 9.64 Å². The van der Waals surface area contributed by atoms with Crippen molar-refractivity contribution in [2.24, 2.45) is 0 Å². The molecule has 1 amide bonds. The fourth-order valence-electron chi connectivity index (χ4n) is 3.08. The number of para-hydroxylation sites is 1. The third-order valence-corrected chi connectivity index (χ3v) is 4.98. The number of hydrogen-bond donors (Lipinski definition) is 1. The molecule has 1 aliphatic rings. The number of amides is 1. The molecule has 1 saturated heterocycles. The standard InChI is InChI=1S/C21H19FN4O2S/c22-16-8-6-15(7-9-16)19-18(14-26(24-19)17-4-2-1-3-5-17)20(27)23-21(29)25-10-12-28-13-11-25/h1-9,14H,10-13H2,(H,23,27,29). The summed E-state index contributed by atoms with van der Waals surface area (Å²) in [5.41, 5.74) is 2.27. The van der Waals surface area contributed by atoms with Crippen molar-refractivity contribution in [3.8, 4) is 16.9 Å². The van der Waals surface area contributed by atoms with Gasteiger partial charge in [-0.1, -0.05) is 18.2 Å². The number of morpholine rings is 1. The molecule has 0 spiro atoms. The van der Waals surface area contributed by atoms with Crippen molar-refractivity contribution < 1.29 is 13.9 Å². The molecule has 2 heterocycles. The van der Waals surface area contributed by atoms with Crippen molar-refractivity contribution in [1.29, 1.82) is 0 Å². The van der Waals surface area contributed by atoms with Gasteiger partial charge in [0.15, 0.2) is 5.11 Å². The molecule has 29 heavy (non-hydrogen) atoms.